The van der Waals surface area contributed by atoms with E-state index in [1.165, 1.54) is 34.7 Å². The van der Waals surface area contributed by atoms with Crippen LogP contribution in [0.4, 0.5) is 0 Å². The van der Waals surface area contributed by atoms with E-state index in [1.807, 2.05) is 18.2 Å². The molecular weight excluding hydrogens is 292 g/mol. The predicted octanol–water partition coefficient (Wildman–Crippen LogP) is 5.71. The highest BCUT2D eigenvalue weighted by Crippen LogP contribution is 2.35. The van der Waals surface area contributed by atoms with Crippen molar-refractivity contribution in [2.45, 2.75) is 38.5 Å². The molecule has 0 bridgehead atoms. The van der Waals surface area contributed by atoms with Crippen molar-refractivity contribution in [2.24, 2.45) is 0 Å². The van der Waals surface area contributed by atoms with Crippen LogP contribution < -0.4 is 0 Å². The number of Topliss-reactive ketones (excluding diaryl/α,β-unsaturated/α-hetero) is 1. The van der Waals surface area contributed by atoms with Gasteiger partial charge in [0.1, 0.15) is 0 Å². The zero-order chi connectivity index (χ0) is 16.5. The molecular formula is C23H22O. The number of unbranched alkanes of at least 4 members (excludes halogenated alkanes) is 1. The van der Waals surface area contributed by atoms with Crippen LogP contribution >= 0.6 is 0 Å². The Balaban J connectivity index is 1.75. The zero-order valence-corrected chi connectivity index (χ0v) is 14.1. The Morgan fingerprint density at radius 1 is 1.00 bits per heavy atom. The molecule has 0 radical (unpaired) electrons. The van der Waals surface area contributed by atoms with Crippen LogP contribution in [0, 0.1) is 0 Å². The summed E-state index contributed by atoms with van der Waals surface area (Å²) in [5.41, 5.74) is 4.65. The molecule has 0 N–H and O–H groups in total. The van der Waals surface area contributed by atoms with E-state index in [-0.39, 0.29) is 11.7 Å². The summed E-state index contributed by atoms with van der Waals surface area (Å²) in [5.74, 6) is 0.252. The number of ketones is 1. The summed E-state index contributed by atoms with van der Waals surface area (Å²) in [6.45, 7) is 2.23. The molecule has 1 unspecified atom stereocenters. The Labute approximate surface area is 143 Å². The number of fused-ring (bicyclic) bond motifs is 2. The topological polar surface area (TPSA) is 17.1 Å². The van der Waals surface area contributed by atoms with Crippen molar-refractivity contribution < 1.29 is 4.79 Å². The van der Waals surface area contributed by atoms with Gasteiger partial charge in [-0.1, -0.05) is 74.0 Å². The molecule has 0 aromatic heterocycles. The van der Waals surface area contributed by atoms with Gasteiger partial charge in [-0.3, -0.25) is 4.79 Å². The molecule has 1 aliphatic carbocycles. The predicted molar refractivity (Wildman–Crippen MR) is 99.8 cm³/mol. The first-order valence-electron chi connectivity index (χ1n) is 8.91. The van der Waals surface area contributed by atoms with E-state index in [2.05, 4.69) is 49.4 Å². The fraction of sp³-hybridized carbons (Fsp3) is 0.261. The van der Waals surface area contributed by atoms with E-state index in [9.17, 15) is 4.79 Å². The maximum atomic E-state index is 12.8. The highest BCUT2D eigenvalue weighted by Gasteiger charge is 2.31. The van der Waals surface area contributed by atoms with Crippen molar-refractivity contribution in [2.75, 3.05) is 0 Å². The number of hydrogen-bond donors (Lipinski definition) is 0. The van der Waals surface area contributed by atoms with Gasteiger partial charge in [0.25, 0.3) is 0 Å². The molecule has 4 rings (SSSR count). The number of carbonyl (C=O) groups excluding carboxylic acids is 1. The summed E-state index contributed by atoms with van der Waals surface area (Å²) < 4.78 is 0. The fourth-order valence-electron chi connectivity index (χ4n) is 3.87. The molecule has 0 heterocycles. The molecule has 0 saturated heterocycles. The summed E-state index contributed by atoms with van der Waals surface area (Å²) in [5, 5.41) is 2.59. The molecule has 24 heavy (non-hydrogen) atoms. The Bertz CT molecular complexity index is 907. The first kappa shape index (κ1) is 15.1. The lowest BCUT2D eigenvalue weighted by Gasteiger charge is -2.12. The molecule has 0 saturated carbocycles. The number of rotatable bonds is 4. The Morgan fingerprint density at radius 3 is 2.71 bits per heavy atom. The molecule has 0 aliphatic heterocycles. The van der Waals surface area contributed by atoms with Gasteiger partial charge in [0, 0.05) is 5.56 Å². The average Bonchev–Trinajstić information content (AvgIpc) is 2.96. The molecule has 0 fully saturated rings. The van der Waals surface area contributed by atoms with Crippen LogP contribution in [0.2, 0.25) is 0 Å². The van der Waals surface area contributed by atoms with Gasteiger partial charge in [0.05, 0.1) is 5.92 Å². The number of carbonyl (C=O) groups is 1. The first-order valence-corrected chi connectivity index (χ1v) is 8.91. The molecule has 3 aromatic rings. The molecule has 0 amide bonds. The zero-order valence-electron chi connectivity index (χ0n) is 14.1. The number of benzene rings is 3. The minimum atomic E-state index is -0.0222. The highest BCUT2D eigenvalue weighted by atomic mass is 16.1. The summed E-state index contributed by atoms with van der Waals surface area (Å²) in [7, 11) is 0. The van der Waals surface area contributed by atoms with Crippen LogP contribution in [-0.2, 0) is 12.8 Å². The maximum absolute atomic E-state index is 12.8. The van der Waals surface area contributed by atoms with Crippen LogP contribution in [0.3, 0.4) is 0 Å². The molecule has 1 heteroatoms. The van der Waals surface area contributed by atoms with Crippen LogP contribution in [-0.4, -0.2) is 5.78 Å². The normalized spacial score (nSPS) is 16.5. The third-order valence-corrected chi connectivity index (χ3v) is 5.22. The van der Waals surface area contributed by atoms with Crippen molar-refractivity contribution in [3.63, 3.8) is 0 Å². The highest BCUT2D eigenvalue weighted by molar-refractivity contribution is 6.05. The smallest absolute Gasteiger partial charge is 0.170 e. The minimum absolute atomic E-state index is 0.0222. The van der Waals surface area contributed by atoms with Gasteiger partial charge in [0.15, 0.2) is 5.78 Å². The summed E-state index contributed by atoms with van der Waals surface area (Å²) >= 11 is 0. The van der Waals surface area contributed by atoms with Gasteiger partial charge in [-0.05, 0) is 46.7 Å². The van der Waals surface area contributed by atoms with Crippen LogP contribution in [0.5, 0.6) is 0 Å². The van der Waals surface area contributed by atoms with E-state index in [0.29, 0.717) is 0 Å². The Morgan fingerprint density at radius 2 is 1.88 bits per heavy atom. The largest absolute Gasteiger partial charge is 0.293 e. The minimum Gasteiger partial charge on any atom is -0.293 e. The second-order valence-corrected chi connectivity index (χ2v) is 6.78. The van der Waals surface area contributed by atoms with Crippen molar-refractivity contribution in [3.8, 4) is 0 Å². The number of hydrogen-bond acceptors (Lipinski definition) is 1. The second kappa shape index (κ2) is 6.24. The van der Waals surface area contributed by atoms with Crippen molar-refractivity contribution in [1.29, 1.82) is 0 Å². The quantitative estimate of drug-likeness (QED) is 0.603. The lowest BCUT2D eigenvalue weighted by atomic mass is 9.91. The SMILES string of the molecule is CCCCc1cccc2ccc(C3Cc4ccccc4C3=O)cc12. The van der Waals surface area contributed by atoms with E-state index in [4.69, 9.17) is 0 Å². The van der Waals surface area contributed by atoms with Crippen molar-refractivity contribution in [1.82, 2.24) is 0 Å². The summed E-state index contributed by atoms with van der Waals surface area (Å²) in [6.07, 6.45) is 4.34. The van der Waals surface area contributed by atoms with E-state index >= 15 is 0 Å². The molecule has 3 aromatic carbocycles. The van der Waals surface area contributed by atoms with Crippen LogP contribution in [0.15, 0.2) is 60.7 Å². The van der Waals surface area contributed by atoms with E-state index in [0.717, 1.165) is 24.0 Å². The fourth-order valence-corrected chi connectivity index (χ4v) is 3.87. The van der Waals surface area contributed by atoms with E-state index < -0.39 is 0 Å². The van der Waals surface area contributed by atoms with E-state index in [1.54, 1.807) is 0 Å². The molecule has 120 valence electrons. The van der Waals surface area contributed by atoms with Crippen LogP contribution in [0.25, 0.3) is 10.8 Å². The lowest BCUT2D eigenvalue weighted by Crippen LogP contribution is -2.07. The molecule has 1 nitrogen and oxygen atoms in total. The molecule has 1 atom stereocenters. The van der Waals surface area contributed by atoms with Gasteiger partial charge < -0.3 is 0 Å². The number of aryl methyl sites for hydroxylation is 1. The monoisotopic (exact) mass is 314 g/mol. The van der Waals surface area contributed by atoms with Gasteiger partial charge in [-0.25, -0.2) is 0 Å². The Hall–Kier alpha value is -2.41. The van der Waals surface area contributed by atoms with Crippen molar-refractivity contribution in [3.05, 3.63) is 82.9 Å². The molecule has 1 aliphatic rings. The molecule has 0 spiro atoms. The summed E-state index contributed by atoms with van der Waals surface area (Å²) in [6, 6.07) is 21.1. The van der Waals surface area contributed by atoms with Crippen LogP contribution in [0.1, 0.15) is 52.7 Å². The Kier molecular flexibility index (Phi) is 3.93. The third kappa shape index (κ3) is 2.54. The van der Waals surface area contributed by atoms with Gasteiger partial charge in [0.2, 0.25) is 0 Å². The standard InChI is InChI=1S/C23H22O/c1-2-3-7-16-9-6-10-17-12-13-19(14-21(16)17)22-15-18-8-4-5-11-20(18)23(22)24/h4-6,8-14,22H,2-3,7,15H2,1H3. The van der Waals surface area contributed by atoms with Gasteiger partial charge in [-0.15, -0.1) is 0 Å². The van der Waals surface area contributed by atoms with Gasteiger partial charge in [-0.2, -0.15) is 0 Å². The van der Waals surface area contributed by atoms with Gasteiger partial charge >= 0.3 is 0 Å². The van der Waals surface area contributed by atoms with Crippen molar-refractivity contribution >= 4 is 16.6 Å². The third-order valence-electron chi connectivity index (χ3n) is 5.22. The average molecular weight is 314 g/mol. The maximum Gasteiger partial charge on any atom is 0.170 e. The first-order chi connectivity index (χ1) is 11.8. The lowest BCUT2D eigenvalue weighted by molar-refractivity contribution is 0.0973. The summed E-state index contributed by atoms with van der Waals surface area (Å²) in [4.78, 5) is 12.8. The second-order valence-electron chi connectivity index (χ2n) is 6.78.